The van der Waals surface area contributed by atoms with Crippen molar-refractivity contribution in [2.75, 3.05) is 11.9 Å². The van der Waals surface area contributed by atoms with Crippen LogP contribution in [0.1, 0.15) is 24.6 Å². The van der Waals surface area contributed by atoms with Gasteiger partial charge in [0, 0.05) is 17.6 Å². The predicted octanol–water partition coefficient (Wildman–Crippen LogP) is 4.41. The fourth-order valence-electron chi connectivity index (χ4n) is 1.70. The van der Waals surface area contributed by atoms with Gasteiger partial charge < -0.3 is 10.6 Å². The first-order chi connectivity index (χ1) is 9.99. The number of anilines is 2. The van der Waals surface area contributed by atoms with Gasteiger partial charge in [-0.3, -0.25) is 0 Å². The molecular weight excluding hydrogens is 299 g/mol. The Kier molecular flexibility index (Phi) is 5.19. The van der Waals surface area contributed by atoms with E-state index < -0.39 is 11.7 Å². The number of aromatic nitrogens is 1. The molecule has 0 radical (unpaired) electrons. The van der Waals surface area contributed by atoms with E-state index in [1.807, 2.05) is 5.38 Å². The van der Waals surface area contributed by atoms with Crippen molar-refractivity contribution in [1.29, 1.82) is 0 Å². The largest absolute Gasteiger partial charge is 0.416 e. The van der Waals surface area contributed by atoms with Gasteiger partial charge in [-0.25, -0.2) is 4.98 Å². The van der Waals surface area contributed by atoms with Gasteiger partial charge in [-0.15, -0.1) is 11.3 Å². The quantitative estimate of drug-likeness (QED) is 0.776. The van der Waals surface area contributed by atoms with Gasteiger partial charge >= 0.3 is 6.18 Å². The van der Waals surface area contributed by atoms with Crippen LogP contribution >= 0.6 is 11.3 Å². The fraction of sp³-hybridized carbons (Fsp3) is 0.357. The molecule has 21 heavy (non-hydrogen) atoms. The number of nitrogens with zero attached hydrogens (tertiary/aromatic N) is 1. The van der Waals surface area contributed by atoms with Crippen molar-refractivity contribution in [1.82, 2.24) is 10.3 Å². The third-order valence-electron chi connectivity index (χ3n) is 2.75. The van der Waals surface area contributed by atoms with E-state index in [2.05, 4.69) is 22.5 Å². The molecule has 0 saturated heterocycles. The third-order valence-corrected chi connectivity index (χ3v) is 3.55. The van der Waals surface area contributed by atoms with Crippen molar-refractivity contribution in [3.63, 3.8) is 0 Å². The SMILES string of the molecule is CCCNCc1csc(Nc2ccc(C(F)(F)F)cc2)n1. The molecule has 0 amide bonds. The summed E-state index contributed by atoms with van der Waals surface area (Å²) in [5.41, 5.74) is 0.852. The molecule has 0 spiro atoms. The molecule has 114 valence electrons. The van der Waals surface area contributed by atoms with Crippen molar-refractivity contribution in [2.45, 2.75) is 26.1 Å². The number of hydrogen-bond donors (Lipinski definition) is 2. The maximum atomic E-state index is 12.5. The summed E-state index contributed by atoms with van der Waals surface area (Å²) in [5.74, 6) is 0. The van der Waals surface area contributed by atoms with E-state index in [4.69, 9.17) is 0 Å². The van der Waals surface area contributed by atoms with Crippen LogP contribution in [0.15, 0.2) is 29.6 Å². The number of alkyl halides is 3. The highest BCUT2D eigenvalue weighted by atomic mass is 32.1. The van der Waals surface area contributed by atoms with Gasteiger partial charge in [0.1, 0.15) is 0 Å². The first-order valence-corrected chi connectivity index (χ1v) is 7.46. The lowest BCUT2D eigenvalue weighted by atomic mass is 10.2. The van der Waals surface area contributed by atoms with Gasteiger partial charge in [0.2, 0.25) is 0 Å². The van der Waals surface area contributed by atoms with E-state index in [-0.39, 0.29) is 0 Å². The Hall–Kier alpha value is -1.60. The van der Waals surface area contributed by atoms with Crippen LogP contribution in [0.3, 0.4) is 0 Å². The maximum absolute atomic E-state index is 12.5. The summed E-state index contributed by atoms with van der Waals surface area (Å²) in [6.45, 7) is 3.71. The molecule has 0 aliphatic rings. The summed E-state index contributed by atoms with van der Waals surface area (Å²) in [6, 6.07) is 4.91. The van der Waals surface area contributed by atoms with Crippen molar-refractivity contribution >= 4 is 22.2 Å². The number of halogens is 3. The van der Waals surface area contributed by atoms with E-state index in [0.29, 0.717) is 17.4 Å². The molecule has 1 aromatic carbocycles. The van der Waals surface area contributed by atoms with Gasteiger partial charge in [0.05, 0.1) is 11.3 Å². The summed E-state index contributed by atoms with van der Waals surface area (Å²) in [7, 11) is 0. The van der Waals surface area contributed by atoms with Crippen LogP contribution in [0.5, 0.6) is 0 Å². The van der Waals surface area contributed by atoms with Crippen LogP contribution in [-0.2, 0) is 12.7 Å². The molecule has 0 aliphatic heterocycles. The molecule has 2 rings (SSSR count). The Morgan fingerprint density at radius 2 is 1.90 bits per heavy atom. The summed E-state index contributed by atoms with van der Waals surface area (Å²) in [6.07, 6.45) is -3.25. The molecule has 0 bridgehead atoms. The zero-order valence-corrected chi connectivity index (χ0v) is 12.3. The molecule has 2 N–H and O–H groups in total. The average molecular weight is 315 g/mol. The Labute approximate surface area is 125 Å². The zero-order chi connectivity index (χ0) is 15.3. The number of rotatable bonds is 6. The Balaban J connectivity index is 1.95. The monoisotopic (exact) mass is 315 g/mol. The predicted molar refractivity (Wildman–Crippen MR) is 78.8 cm³/mol. The molecule has 0 atom stereocenters. The molecule has 1 heterocycles. The van der Waals surface area contributed by atoms with E-state index >= 15 is 0 Å². The second kappa shape index (κ2) is 6.91. The number of hydrogen-bond acceptors (Lipinski definition) is 4. The zero-order valence-electron chi connectivity index (χ0n) is 11.5. The van der Waals surface area contributed by atoms with Crippen LogP contribution in [0.4, 0.5) is 24.0 Å². The average Bonchev–Trinajstić information content (AvgIpc) is 2.86. The highest BCUT2D eigenvalue weighted by Crippen LogP contribution is 2.30. The topological polar surface area (TPSA) is 37.0 Å². The second-order valence-electron chi connectivity index (χ2n) is 4.52. The number of thiazole rings is 1. The van der Waals surface area contributed by atoms with Crippen molar-refractivity contribution in [3.05, 3.63) is 40.9 Å². The Morgan fingerprint density at radius 3 is 2.52 bits per heavy atom. The van der Waals surface area contributed by atoms with Crippen LogP contribution in [0, 0.1) is 0 Å². The molecule has 0 fully saturated rings. The molecule has 3 nitrogen and oxygen atoms in total. The summed E-state index contributed by atoms with van der Waals surface area (Å²) in [4.78, 5) is 4.37. The lowest BCUT2D eigenvalue weighted by molar-refractivity contribution is -0.137. The van der Waals surface area contributed by atoms with Gasteiger partial charge in [0.25, 0.3) is 0 Å². The summed E-state index contributed by atoms with van der Waals surface area (Å²) in [5, 5.41) is 8.84. The van der Waals surface area contributed by atoms with Gasteiger partial charge in [-0.05, 0) is 37.2 Å². The highest BCUT2D eigenvalue weighted by Gasteiger charge is 2.29. The minimum atomic E-state index is -4.31. The Morgan fingerprint density at radius 1 is 1.19 bits per heavy atom. The van der Waals surface area contributed by atoms with Gasteiger partial charge in [0.15, 0.2) is 5.13 Å². The third kappa shape index (κ3) is 4.71. The lowest BCUT2D eigenvalue weighted by Crippen LogP contribution is -2.13. The van der Waals surface area contributed by atoms with Gasteiger partial charge in [-0.2, -0.15) is 13.2 Å². The number of benzene rings is 1. The van der Waals surface area contributed by atoms with Crippen LogP contribution in [-0.4, -0.2) is 11.5 Å². The minimum Gasteiger partial charge on any atom is -0.332 e. The summed E-state index contributed by atoms with van der Waals surface area (Å²) >= 11 is 1.43. The van der Waals surface area contributed by atoms with E-state index in [0.717, 1.165) is 30.8 Å². The minimum absolute atomic E-state index is 0.588. The maximum Gasteiger partial charge on any atom is 0.416 e. The van der Waals surface area contributed by atoms with Gasteiger partial charge in [-0.1, -0.05) is 6.92 Å². The second-order valence-corrected chi connectivity index (χ2v) is 5.38. The molecule has 1 aromatic heterocycles. The van der Waals surface area contributed by atoms with E-state index in [1.54, 1.807) is 0 Å². The van der Waals surface area contributed by atoms with E-state index in [1.165, 1.54) is 23.5 Å². The smallest absolute Gasteiger partial charge is 0.332 e. The van der Waals surface area contributed by atoms with Crippen molar-refractivity contribution in [3.8, 4) is 0 Å². The van der Waals surface area contributed by atoms with Crippen LogP contribution < -0.4 is 10.6 Å². The van der Waals surface area contributed by atoms with Crippen LogP contribution in [0.2, 0.25) is 0 Å². The first-order valence-electron chi connectivity index (χ1n) is 6.58. The summed E-state index contributed by atoms with van der Waals surface area (Å²) < 4.78 is 37.4. The van der Waals surface area contributed by atoms with E-state index in [9.17, 15) is 13.2 Å². The fourth-order valence-corrected chi connectivity index (χ4v) is 2.44. The molecule has 0 saturated carbocycles. The molecular formula is C14H16F3N3S. The highest BCUT2D eigenvalue weighted by molar-refractivity contribution is 7.13. The molecule has 0 aliphatic carbocycles. The first kappa shape index (κ1) is 15.8. The normalized spacial score (nSPS) is 11.6. The van der Waals surface area contributed by atoms with Crippen molar-refractivity contribution in [2.24, 2.45) is 0 Å². The van der Waals surface area contributed by atoms with Crippen LogP contribution in [0.25, 0.3) is 0 Å². The van der Waals surface area contributed by atoms with Crippen molar-refractivity contribution < 1.29 is 13.2 Å². The molecule has 2 aromatic rings. The lowest BCUT2D eigenvalue weighted by Gasteiger charge is -2.07. The molecule has 0 unspecified atom stereocenters. The standard InChI is InChI=1S/C14H16F3N3S/c1-2-7-18-8-12-9-21-13(20-12)19-11-5-3-10(4-6-11)14(15,16)17/h3-6,9,18H,2,7-8H2,1H3,(H,19,20). The Bertz CT molecular complexity index is 564. The molecule has 7 heteroatoms. The number of nitrogens with one attached hydrogen (secondary N) is 2.